The summed E-state index contributed by atoms with van der Waals surface area (Å²) in [5, 5.41) is 0. The standard InChI is InChI=1S/C14H17FN2O3/c1-10-9-17(14(18)16-4-6-19-7-5-16)12-3-2-11(15)8-13(12)20-10/h2-3,8,10H,4-7,9H2,1H3. The third-order valence-corrected chi connectivity index (χ3v) is 3.49. The average molecular weight is 280 g/mol. The molecule has 0 bridgehead atoms. The lowest BCUT2D eigenvalue weighted by atomic mass is 10.2. The van der Waals surface area contributed by atoms with Crippen molar-refractivity contribution in [3.8, 4) is 5.75 Å². The van der Waals surface area contributed by atoms with Crippen LogP contribution < -0.4 is 9.64 Å². The SMILES string of the molecule is CC1CN(C(=O)N2CCOCC2)c2ccc(F)cc2O1. The van der Waals surface area contributed by atoms with Gasteiger partial charge in [-0.25, -0.2) is 9.18 Å². The van der Waals surface area contributed by atoms with Gasteiger partial charge in [-0.05, 0) is 19.1 Å². The van der Waals surface area contributed by atoms with Gasteiger partial charge in [0.05, 0.1) is 25.4 Å². The highest BCUT2D eigenvalue weighted by Crippen LogP contribution is 2.34. The minimum Gasteiger partial charge on any atom is -0.487 e. The molecule has 0 aliphatic carbocycles. The maximum absolute atomic E-state index is 13.3. The van der Waals surface area contributed by atoms with E-state index in [2.05, 4.69) is 0 Å². The molecule has 2 aliphatic heterocycles. The number of amides is 2. The second-order valence-electron chi connectivity index (χ2n) is 5.03. The van der Waals surface area contributed by atoms with Crippen molar-refractivity contribution in [1.82, 2.24) is 4.90 Å². The third kappa shape index (κ3) is 2.43. The molecular formula is C14H17FN2O3. The maximum Gasteiger partial charge on any atom is 0.324 e. The normalized spacial score (nSPS) is 22.2. The number of rotatable bonds is 0. The molecule has 3 rings (SSSR count). The third-order valence-electron chi connectivity index (χ3n) is 3.49. The van der Waals surface area contributed by atoms with Crippen LogP contribution in [0.1, 0.15) is 6.92 Å². The number of urea groups is 1. The molecular weight excluding hydrogens is 263 g/mol. The maximum atomic E-state index is 13.3. The van der Waals surface area contributed by atoms with Crippen molar-refractivity contribution in [2.75, 3.05) is 37.7 Å². The fraction of sp³-hybridized carbons (Fsp3) is 0.500. The van der Waals surface area contributed by atoms with Crippen LogP contribution in [0.4, 0.5) is 14.9 Å². The molecule has 1 saturated heterocycles. The predicted molar refractivity (Wildman–Crippen MR) is 71.6 cm³/mol. The first kappa shape index (κ1) is 13.2. The van der Waals surface area contributed by atoms with E-state index >= 15 is 0 Å². The number of morpholine rings is 1. The molecule has 1 aromatic carbocycles. The number of anilines is 1. The summed E-state index contributed by atoms with van der Waals surface area (Å²) in [4.78, 5) is 16.0. The largest absolute Gasteiger partial charge is 0.487 e. The predicted octanol–water partition coefficient (Wildman–Crippen LogP) is 1.87. The highest BCUT2D eigenvalue weighted by molar-refractivity contribution is 5.94. The Kier molecular flexibility index (Phi) is 3.48. The number of nitrogens with zero attached hydrogens (tertiary/aromatic N) is 2. The van der Waals surface area contributed by atoms with Gasteiger partial charge in [0.1, 0.15) is 17.7 Å². The first-order chi connectivity index (χ1) is 9.65. The van der Waals surface area contributed by atoms with Crippen molar-refractivity contribution in [1.29, 1.82) is 0 Å². The molecule has 1 unspecified atom stereocenters. The Balaban J connectivity index is 1.88. The van der Waals surface area contributed by atoms with Crippen molar-refractivity contribution in [3.05, 3.63) is 24.0 Å². The molecule has 0 saturated carbocycles. The lowest BCUT2D eigenvalue weighted by Gasteiger charge is -2.37. The minimum absolute atomic E-state index is 0.0729. The van der Waals surface area contributed by atoms with E-state index in [0.29, 0.717) is 44.3 Å². The number of benzene rings is 1. The van der Waals surface area contributed by atoms with Crippen LogP contribution in [0.2, 0.25) is 0 Å². The molecule has 2 heterocycles. The Morgan fingerprint density at radius 2 is 2.10 bits per heavy atom. The van der Waals surface area contributed by atoms with Gasteiger partial charge in [0, 0.05) is 19.2 Å². The number of carbonyl (C=O) groups is 1. The van der Waals surface area contributed by atoms with Crippen LogP contribution in [0, 0.1) is 5.82 Å². The Morgan fingerprint density at radius 1 is 1.35 bits per heavy atom. The van der Waals surface area contributed by atoms with Crippen molar-refractivity contribution in [3.63, 3.8) is 0 Å². The van der Waals surface area contributed by atoms with Gasteiger partial charge >= 0.3 is 6.03 Å². The monoisotopic (exact) mass is 280 g/mol. The Hall–Kier alpha value is -1.82. The summed E-state index contributed by atoms with van der Waals surface area (Å²) in [6.07, 6.45) is -0.158. The van der Waals surface area contributed by atoms with Crippen LogP contribution in [-0.4, -0.2) is 49.9 Å². The first-order valence-electron chi connectivity index (χ1n) is 6.75. The topological polar surface area (TPSA) is 42.0 Å². The smallest absolute Gasteiger partial charge is 0.324 e. The number of fused-ring (bicyclic) bond motifs is 1. The molecule has 108 valence electrons. The number of ether oxygens (including phenoxy) is 2. The number of carbonyl (C=O) groups excluding carboxylic acids is 1. The second kappa shape index (κ2) is 5.28. The van der Waals surface area contributed by atoms with Crippen LogP contribution in [0.3, 0.4) is 0 Å². The molecule has 20 heavy (non-hydrogen) atoms. The highest BCUT2D eigenvalue weighted by atomic mass is 19.1. The van der Waals surface area contributed by atoms with Crippen LogP contribution >= 0.6 is 0 Å². The molecule has 0 N–H and O–H groups in total. The molecule has 2 amide bonds. The first-order valence-corrected chi connectivity index (χ1v) is 6.75. The molecule has 1 fully saturated rings. The molecule has 2 aliphatic rings. The number of halogens is 1. The summed E-state index contributed by atoms with van der Waals surface area (Å²) in [6, 6.07) is 4.19. The van der Waals surface area contributed by atoms with Gasteiger partial charge in [-0.3, -0.25) is 4.90 Å². The van der Waals surface area contributed by atoms with Crippen molar-refractivity contribution < 1.29 is 18.7 Å². The van der Waals surface area contributed by atoms with Crippen molar-refractivity contribution in [2.45, 2.75) is 13.0 Å². The summed E-state index contributed by atoms with van der Waals surface area (Å²) in [5.74, 6) is 0.0574. The van der Waals surface area contributed by atoms with Crippen LogP contribution in [0.15, 0.2) is 18.2 Å². The highest BCUT2D eigenvalue weighted by Gasteiger charge is 2.31. The average Bonchev–Trinajstić information content (AvgIpc) is 2.46. The Labute approximate surface area is 116 Å². The molecule has 5 nitrogen and oxygen atoms in total. The molecule has 1 aromatic rings. The Morgan fingerprint density at radius 3 is 2.85 bits per heavy atom. The summed E-state index contributed by atoms with van der Waals surface area (Å²) in [6.45, 7) is 4.62. The van der Waals surface area contributed by atoms with E-state index in [1.807, 2.05) is 6.92 Å². The van der Waals surface area contributed by atoms with Gasteiger partial charge in [0.2, 0.25) is 0 Å². The van der Waals surface area contributed by atoms with Gasteiger partial charge in [0.25, 0.3) is 0 Å². The van der Waals surface area contributed by atoms with Crippen LogP contribution in [-0.2, 0) is 4.74 Å². The zero-order chi connectivity index (χ0) is 14.1. The fourth-order valence-corrected chi connectivity index (χ4v) is 2.52. The Bertz CT molecular complexity index is 517. The van der Waals surface area contributed by atoms with E-state index in [9.17, 15) is 9.18 Å². The lowest BCUT2D eigenvalue weighted by molar-refractivity contribution is 0.0540. The quantitative estimate of drug-likeness (QED) is 0.728. The van der Waals surface area contributed by atoms with Gasteiger partial charge in [-0.2, -0.15) is 0 Å². The van der Waals surface area contributed by atoms with Crippen molar-refractivity contribution >= 4 is 11.7 Å². The van der Waals surface area contributed by atoms with E-state index in [1.165, 1.54) is 12.1 Å². The zero-order valence-corrected chi connectivity index (χ0v) is 11.3. The fourth-order valence-electron chi connectivity index (χ4n) is 2.52. The van der Waals surface area contributed by atoms with Gasteiger partial charge in [0.15, 0.2) is 0 Å². The van der Waals surface area contributed by atoms with Gasteiger partial charge in [-0.1, -0.05) is 0 Å². The van der Waals surface area contributed by atoms with Crippen LogP contribution in [0.5, 0.6) is 5.75 Å². The van der Waals surface area contributed by atoms with E-state index in [-0.39, 0.29) is 18.0 Å². The molecule has 0 spiro atoms. The molecule has 1 atom stereocenters. The molecule has 0 radical (unpaired) electrons. The van der Waals surface area contributed by atoms with Gasteiger partial charge in [-0.15, -0.1) is 0 Å². The van der Waals surface area contributed by atoms with Crippen LogP contribution in [0.25, 0.3) is 0 Å². The zero-order valence-electron chi connectivity index (χ0n) is 11.3. The lowest BCUT2D eigenvalue weighted by Crippen LogP contribution is -2.52. The van der Waals surface area contributed by atoms with Gasteiger partial charge < -0.3 is 14.4 Å². The van der Waals surface area contributed by atoms with E-state index in [4.69, 9.17) is 9.47 Å². The van der Waals surface area contributed by atoms with E-state index < -0.39 is 0 Å². The molecule has 0 aromatic heterocycles. The minimum atomic E-state index is -0.364. The summed E-state index contributed by atoms with van der Waals surface area (Å²) < 4.78 is 24.2. The van der Waals surface area contributed by atoms with E-state index in [1.54, 1.807) is 15.9 Å². The summed E-state index contributed by atoms with van der Waals surface area (Å²) in [7, 11) is 0. The van der Waals surface area contributed by atoms with E-state index in [0.717, 1.165) is 0 Å². The summed E-state index contributed by atoms with van der Waals surface area (Å²) >= 11 is 0. The molecule has 6 heteroatoms. The summed E-state index contributed by atoms with van der Waals surface area (Å²) in [5.41, 5.74) is 0.626. The van der Waals surface area contributed by atoms with Crippen molar-refractivity contribution in [2.24, 2.45) is 0 Å². The number of hydrogen-bond acceptors (Lipinski definition) is 3. The number of hydrogen-bond donors (Lipinski definition) is 0. The second-order valence-corrected chi connectivity index (χ2v) is 5.03.